The number of anilines is 1. The van der Waals surface area contributed by atoms with Gasteiger partial charge in [-0.05, 0) is 32.4 Å². The molecule has 0 amide bonds. The smallest absolute Gasteiger partial charge is 0.137 e. The van der Waals surface area contributed by atoms with Crippen molar-refractivity contribution in [2.24, 2.45) is 0 Å². The van der Waals surface area contributed by atoms with Crippen LogP contribution >= 0.6 is 11.6 Å². The van der Waals surface area contributed by atoms with Gasteiger partial charge in [0.1, 0.15) is 11.8 Å². The average molecular weight is 276 g/mol. The lowest BCUT2D eigenvalue weighted by Crippen LogP contribution is -2.07. The highest BCUT2D eigenvalue weighted by Crippen LogP contribution is 2.25. The van der Waals surface area contributed by atoms with Crippen molar-refractivity contribution in [1.29, 1.82) is 5.26 Å². The van der Waals surface area contributed by atoms with Crippen LogP contribution in [0.25, 0.3) is 0 Å². The Labute approximate surface area is 117 Å². The van der Waals surface area contributed by atoms with Crippen LogP contribution in [0, 0.1) is 25.2 Å². The summed E-state index contributed by atoms with van der Waals surface area (Å²) in [6, 6.07) is 7.39. The molecule has 0 radical (unpaired) electrons. The van der Waals surface area contributed by atoms with Gasteiger partial charge in [-0.15, -0.1) is 0 Å². The van der Waals surface area contributed by atoms with Crippen molar-refractivity contribution in [3.8, 4) is 6.07 Å². The molecule has 1 aromatic heterocycles. The van der Waals surface area contributed by atoms with Gasteiger partial charge in [0.15, 0.2) is 0 Å². The molecule has 0 spiro atoms. The summed E-state index contributed by atoms with van der Waals surface area (Å²) in [4.78, 5) is 0. The number of hydrogen-bond acceptors (Lipinski definition) is 4. The Morgan fingerprint density at radius 3 is 2.84 bits per heavy atom. The summed E-state index contributed by atoms with van der Waals surface area (Å²) in [5.41, 5.74) is 3.22. The fourth-order valence-electron chi connectivity index (χ4n) is 1.97. The first-order chi connectivity index (χ1) is 9.13. The predicted octanol–water partition coefficient (Wildman–Crippen LogP) is 3.47. The second kappa shape index (κ2) is 5.77. The molecule has 0 aliphatic heterocycles. The Bertz CT molecular complexity index is 609. The Morgan fingerprint density at radius 2 is 2.21 bits per heavy atom. The number of nitrogens with zero attached hydrogens (tertiary/aromatic N) is 2. The van der Waals surface area contributed by atoms with Gasteiger partial charge in [0.2, 0.25) is 0 Å². The minimum Gasteiger partial charge on any atom is -0.382 e. The molecule has 1 N–H and O–H groups in total. The van der Waals surface area contributed by atoms with Crippen LogP contribution in [0.15, 0.2) is 22.7 Å². The number of nitrogens with one attached hydrogen (secondary N) is 1. The Balaban J connectivity index is 2.07. The van der Waals surface area contributed by atoms with Crippen LogP contribution in [-0.4, -0.2) is 11.7 Å². The van der Waals surface area contributed by atoms with Crippen molar-refractivity contribution >= 4 is 17.3 Å². The second-order valence-corrected chi connectivity index (χ2v) is 4.66. The van der Waals surface area contributed by atoms with Crippen molar-refractivity contribution < 1.29 is 4.52 Å². The van der Waals surface area contributed by atoms with Crippen LogP contribution in [0.3, 0.4) is 0 Å². The molecule has 0 aliphatic carbocycles. The van der Waals surface area contributed by atoms with E-state index in [2.05, 4.69) is 16.5 Å². The average Bonchev–Trinajstić information content (AvgIpc) is 2.72. The first kappa shape index (κ1) is 13.4. The van der Waals surface area contributed by atoms with Crippen LogP contribution in [0.5, 0.6) is 0 Å². The number of hydrogen-bond donors (Lipinski definition) is 1. The zero-order valence-corrected chi connectivity index (χ0v) is 11.6. The molecule has 0 unspecified atom stereocenters. The van der Waals surface area contributed by atoms with E-state index in [1.807, 2.05) is 13.8 Å². The highest BCUT2D eigenvalue weighted by Gasteiger charge is 2.10. The Hall–Kier alpha value is -1.99. The van der Waals surface area contributed by atoms with E-state index >= 15 is 0 Å². The number of benzene rings is 1. The molecule has 0 saturated carbocycles. The Morgan fingerprint density at radius 1 is 1.42 bits per heavy atom. The van der Waals surface area contributed by atoms with E-state index in [1.165, 1.54) is 0 Å². The molecular weight excluding hydrogens is 262 g/mol. The second-order valence-electron chi connectivity index (χ2n) is 4.25. The standard InChI is InChI=1S/C14H14ClN3O/c1-9-12(10(2)19-18-9)6-7-17-14-11(8-16)4-3-5-13(14)15/h3-5,17H,6-7H2,1-2H3. The first-order valence-electron chi connectivity index (χ1n) is 5.97. The van der Waals surface area contributed by atoms with E-state index in [-0.39, 0.29) is 0 Å². The quantitative estimate of drug-likeness (QED) is 0.928. The van der Waals surface area contributed by atoms with Crippen LogP contribution in [0.2, 0.25) is 5.02 Å². The fourth-order valence-corrected chi connectivity index (χ4v) is 2.21. The molecule has 2 rings (SSSR count). The summed E-state index contributed by atoms with van der Waals surface area (Å²) in [6.07, 6.45) is 0.775. The maximum Gasteiger partial charge on any atom is 0.137 e. The number of halogens is 1. The van der Waals surface area contributed by atoms with E-state index in [9.17, 15) is 0 Å². The molecule has 0 fully saturated rings. The van der Waals surface area contributed by atoms with Crippen LogP contribution in [0.1, 0.15) is 22.6 Å². The normalized spacial score (nSPS) is 10.2. The molecule has 0 bridgehead atoms. The van der Waals surface area contributed by atoms with Gasteiger partial charge in [0, 0.05) is 12.1 Å². The third-order valence-corrected chi connectivity index (χ3v) is 3.31. The van der Waals surface area contributed by atoms with Crippen molar-refractivity contribution in [2.45, 2.75) is 20.3 Å². The van der Waals surface area contributed by atoms with E-state index in [4.69, 9.17) is 21.4 Å². The summed E-state index contributed by atoms with van der Waals surface area (Å²) in [5, 5.41) is 16.7. The van der Waals surface area contributed by atoms with Gasteiger partial charge in [-0.3, -0.25) is 0 Å². The summed E-state index contributed by atoms with van der Waals surface area (Å²) in [7, 11) is 0. The number of aromatic nitrogens is 1. The molecule has 0 saturated heterocycles. The van der Waals surface area contributed by atoms with Crippen molar-refractivity contribution in [1.82, 2.24) is 5.16 Å². The number of aryl methyl sites for hydroxylation is 2. The predicted molar refractivity (Wildman–Crippen MR) is 74.3 cm³/mol. The minimum absolute atomic E-state index is 0.547. The molecule has 1 heterocycles. The largest absolute Gasteiger partial charge is 0.382 e. The van der Waals surface area contributed by atoms with Crippen LogP contribution < -0.4 is 5.32 Å². The van der Waals surface area contributed by atoms with Crippen molar-refractivity contribution in [3.05, 3.63) is 45.8 Å². The van der Waals surface area contributed by atoms with Gasteiger partial charge < -0.3 is 9.84 Å². The lowest BCUT2D eigenvalue weighted by molar-refractivity contribution is 0.392. The van der Waals surface area contributed by atoms with Crippen molar-refractivity contribution in [3.63, 3.8) is 0 Å². The van der Waals surface area contributed by atoms with Crippen LogP contribution in [0.4, 0.5) is 5.69 Å². The lowest BCUT2D eigenvalue weighted by atomic mass is 10.1. The van der Waals surface area contributed by atoms with Crippen molar-refractivity contribution in [2.75, 3.05) is 11.9 Å². The molecule has 2 aromatic rings. The van der Waals surface area contributed by atoms with E-state index < -0.39 is 0 Å². The first-order valence-corrected chi connectivity index (χ1v) is 6.35. The maximum absolute atomic E-state index is 9.04. The van der Waals surface area contributed by atoms with Gasteiger partial charge in [0.05, 0.1) is 22.0 Å². The minimum atomic E-state index is 0.547. The monoisotopic (exact) mass is 275 g/mol. The van der Waals surface area contributed by atoms with Gasteiger partial charge in [0.25, 0.3) is 0 Å². The van der Waals surface area contributed by atoms with Gasteiger partial charge >= 0.3 is 0 Å². The summed E-state index contributed by atoms with van der Waals surface area (Å²) in [5.74, 6) is 0.832. The topological polar surface area (TPSA) is 61.9 Å². The zero-order valence-electron chi connectivity index (χ0n) is 10.8. The SMILES string of the molecule is Cc1noc(C)c1CCNc1c(Cl)cccc1C#N. The van der Waals surface area contributed by atoms with E-state index in [0.717, 1.165) is 23.4 Å². The zero-order chi connectivity index (χ0) is 13.8. The molecular formula is C14H14ClN3O. The third-order valence-electron chi connectivity index (χ3n) is 2.99. The van der Waals surface area contributed by atoms with Gasteiger partial charge in [-0.2, -0.15) is 5.26 Å². The number of rotatable bonds is 4. The van der Waals surface area contributed by atoms with E-state index in [1.54, 1.807) is 18.2 Å². The number of nitriles is 1. The Kier molecular flexibility index (Phi) is 4.08. The number of para-hydroxylation sites is 1. The summed E-state index contributed by atoms with van der Waals surface area (Å²) >= 11 is 6.09. The molecule has 0 atom stereocenters. The highest BCUT2D eigenvalue weighted by atomic mass is 35.5. The molecule has 4 nitrogen and oxygen atoms in total. The van der Waals surface area contributed by atoms with E-state index in [0.29, 0.717) is 22.8 Å². The fraction of sp³-hybridized carbons (Fsp3) is 0.286. The lowest BCUT2D eigenvalue weighted by Gasteiger charge is -2.09. The highest BCUT2D eigenvalue weighted by molar-refractivity contribution is 6.33. The molecule has 0 aliphatic rings. The maximum atomic E-state index is 9.04. The summed E-state index contributed by atoms with van der Waals surface area (Å²) in [6.45, 7) is 4.48. The van der Waals surface area contributed by atoms with Gasteiger partial charge in [-0.1, -0.05) is 22.8 Å². The summed E-state index contributed by atoms with van der Waals surface area (Å²) < 4.78 is 5.11. The molecule has 5 heteroatoms. The molecule has 1 aromatic carbocycles. The van der Waals surface area contributed by atoms with Crippen LogP contribution in [-0.2, 0) is 6.42 Å². The van der Waals surface area contributed by atoms with Gasteiger partial charge in [-0.25, -0.2) is 0 Å². The third kappa shape index (κ3) is 2.88. The molecule has 19 heavy (non-hydrogen) atoms. The molecule has 98 valence electrons.